The van der Waals surface area contributed by atoms with Crippen molar-refractivity contribution < 1.29 is 28.2 Å². The number of aliphatic hydroxyl groups is 2. The fourth-order valence-electron chi connectivity index (χ4n) is 5.21. The molecule has 2 N–H and O–H groups in total. The predicted octanol–water partition coefficient (Wildman–Crippen LogP) is 1.20. The van der Waals surface area contributed by atoms with Crippen LogP contribution in [0, 0.1) is 5.21 Å². The largest absolute Gasteiger partial charge is 0.619 e. The van der Waals surface area contributed by atoms with E-state index in [1.165, 1.54) is 40.1 Å². The van der Waals surface area contributed by atoms with E-state index in [9.17, 15) is 28.6 Å². The maximum atomic E-state index is 13.6. The van der Waals surface area contributed by atoms with Crippen LogP contribution >= 0.6 is 11.6 Å². The lowest BCUT2D eigenvalue weighted by Crippen LogP contribution is -2.58. The second kappa shape index (κ2) is 9.50. The molecular formula is C26H22ClN5O6S. The number of halogens is 1. The van der Waals surface area contributed by atoms with Crippen LogP contribution in [0.3, 0.4) is 0 Å². The third-order valence-corrected chi connectivity index (χ3v) is 9.30. The Morgan fingerprint density at radius 2 is 1.54 bits per heavy atom. The van der Waals surface area contributed by atoms with Crippen LogP contribution in [0.5, 0.6) is 0 Å². The van der Waals surface area contributed by atoms with Crippen LogP contribution in [-0.4, -0.2) is 81.1 Å². The van der Waals surface area contributed by atoms with Crippen LogP contribution in [0.15, 0.2) is 78.2 Å². The Morgan fingerprint density at radius 3 is 2.18 bits per heavy atom. The van der Waals surface area contributed by atoms with Crippen LogP contribution in [0.25, 0.3) is 22.2 Å². The normalized spacial score (nSPS) is 23.3. The first kappa shape index (κ1) is 25.6. The van der Waals surface area contributed by atoms with E-state index in [1.54, 1.807) is 42.5 Å². The zero-order chi connectivity index (χ0) is 27.5. The first-order valence-electron chi connectivity index (χ1n) is 12.0. The lowest BCUT2D eigenvalue weighted by molar-refractivity contribution is -0.605. The van der Waals surface area contributed by atoms with Crippen LogP contribution in [0.2, 0.25) is 5.02 Å². The van der Waals surface area contributed by atoms with Gasteiger partial charge < -0.3 is 20.3 Å². The number of nitrogens with zero attached hydrogens (tertiary/aromatic N) is 5. The number of aliphatic hydroxyl groups excluding tert-OH is 2. The van der Waals surface area contributed by atoms with E-state index in [4.69, 9.17) is 11.6 Å². The molecule has 11 nitrogen and oxygen atoms in total. The van der Waals surface area contributed by atoms with Crippen molar-refractivity contribution in [2.24, 2.45) is 0 Å². The Hall–Kier alpha value is -3.68. The highest BCUT2D eigenvalue weighted by Crippen LogP contribution is 2.35. The summed E-state index contributed by atoms with van der Waals surface area (Å²) in [4.78, 5) is 23.3. The van der Waals surface area contributed by atoms with Crippen molar-refractivity contribution in [2.45, 2.75) is 29.2 Å². The average Bonchev–Trinajstić information content (AvgIpc) is 3.09. The summed E-state index contributed by atoms with van der Waals surface area (Å²) < 4.78 is 28.9. The number of hydrogen-bond acceptors (Lipinski definition) is 8. The lowest BCUT2D eigenvalue weighted by Gasteiger charge is -2.40. The molecule has 4 atom stereocenters. The molecule has 200 valence electrons. The summed E-state index contributed by atoms with van der Waals surface area (Å²) in [6, 6.07) is 11.0. The van der Waals surface area contributed by atoms with Crippen molar-refractivity contribution in [1.82, 2.24) is 19.2 Å². The minimum absolute atomic E-state index is 0.0629. The number of aromatic nitrogens is 3. The SMILES string of the molecule is O=C(c1cnc(-c2cc[n+]([O-])cc2)nc1)N1C2CN(S(=O)(=O)c3ccc4cc(Cl)ccc4c3)CC1C(O)C2O. The zero-order valence-electron chi connectivity index (χ0n) is 20.2. The van der Waals surface area contributed by atoms with Gasteiger partial charge in [-0.2, -0.15) is 9.04 Å². The maximum absolute atomic E-state index is 13.6. The highest BCUT2D eigenvalue weighted by atomic mass is 35.5. The molecule has 4 heterocycles. The van der Waals surface area contributed by atoms with Crippen molar-refractivity contribution >= 4 is 38.3 Å². The van der Waals surface area contributed by atoms with Gasteiger partial charge in [0.15, 0.2) is 18.2 Å². The molecule has 2 aliphatic rings. The fraction of sp³-hybridized carbons (Fsp3) is 0.231. The summed E-state index contributed by atoms with van der Waals surface area (Å²) in [5, 5.41) is 34.8. The molecule has 2 bridgehead atoms. The van der Waals surface area contributed by atoms with E-state index in [0.29, 0.717) is 26.5 Å². The standard InChI is InChI=1S/C26H22ClN5O6S/c27-19-3-1-17-10-20(4-2-16(17)9-19)39(37,38)31-13-21-23(33)24(34)22(14-31)32(21)26(35)18-11-28-25(29-12-18)15-5-7-30(36)8-6-15/h1-12,21-24,33-34H,13-14H2. The van der Waals surface area contributed by atoms with Gasteiger partial charge in [-0.15, -0.1) is 0 Å². The second-order valence-corrected chi connectivity index (χ2v) is 11.9. The number of fused-ring (bicyclic) bond motifs is 3. The van der Waals surface area contributed by atoms with E-state index in [2.05, 4.69) is 9.97 Å². The number of pyridine rings is 1. The highest BCUT2D eigenvalue weighted by molar-refractivity contribution is 7.89. The van der Waals surface area contributed by atoms with Crippen molar-refractivity contribution in [1.29, 1.82) is 0 Å². The summed E-state index contributed by atoms with van der Waals surface area (Å²) in [6.07, 6.45) is 2.60. The Kier molecular flexibility index (Phi) is 6.24. The topological polar surface area (TPSA) is 151 Å². The van der Waals surface area contributed by atoms with E-state index in [1.807, 2.05) is 0 Å². The molecule has 0 saturated carbocycles. The molecule has 13 heteroatoms. The number of rotatable bonds is 4. The Bertz CT molecular complexity index is 1670. The number of piperazine rings is 1. The Morgan fingerprint density at radius 1 is 0.949 bits per heavy atom. The summed E-state index contributed by atoms with van der Waals surface area (Å²) in [7, 11) is -4.00. The maximum Gasteiger partial charge on any atom is 0.257 e. The quantitative estimate of drug-likeness (QED) is 0.276. The van der Waals surface area contributed by atoms with E-state index < -0.39 is 40.2 Å². The number of hydrogen-bond donors (Lipinski definition) is 2. The van der Waals surface area contributed by atoms with Gasteiger partial charge in [-0.3, -0.25) is 4.79 Å². The highest BCUT2D eigenvalue weighted by Gasteiger charge is 2.55. The van der Waals surface area contributed by atoms with Gasteiger partial charge >= 0.3 is 0 Å². The van der Waals surface area contributed by atoms with Crippen LogP contribution in [0.4, 0.5) is 0 Å². The van der Waals surface area contributed by atoms with Gasteiger partial charge in [-0.25, -0.2) is 18.4 Å². The number of carbonyl (C=O) groups excluding carboxylic acids is 1. The first-order chi connectivity index (χ1) is 18.6. The third-order valence-electron chi connectivity index (χ3n) is 7.24. The summed E-state index contributed by atoms with van der Waals surface area (Å²) >= 11 is 6.04. The molecule has 2 aliphatic heterocycles. The first-order valence-corrected chi connectivity index (χ1v) is 13.8. The van der Waals surface area contributed by atoms with Gasteiger partial charge in [-0.05, 0) is 35.0 Å². The van der Waals surface area contributed by atoms with Gasteiger partial charge in [-0.1, -0.05) is 23.7 Å². The lowest BCUT2D eigenvalue weighted by atomic mass is 10.1. The molecule has 2 aromatic heterocycles. The third kappa shape index (κ3) is 4.39. The van der Waals surface area contributed by atoms with E-state index >= 15 is 0 Å². The van der Waals surface area contributed by atoms with Crippen molar-refractivity contribution in [3.63, 3.8) is 0 Å². The summed E-state index contributed by atoms with van der Waals surface area (Å²) in [5.74, 6) is -0.221. The van der Waals surface area contributed by atoms with E-state index in [0.717, 1.165) is 5.39 Å². The fourth-order valence-corrected chi connectivity index (χ4v) is 6.91. The Labute approximate surface area is 228 Å². The van der Waals surface area contributed by atoms with E-state index in [-0.39, 0.29) is 23.5 Å². The molecule has 4 aromatic rings. The molecule has 0 spiro atoms. The molecule has 2 saturated heterocycles. The minimum atomic E-state index is -4.00. The molecule has 2 fully saturated rings. The zero-order valence-corrected chi connectivity index (χ0v) is 21.8. The molecule has 0 aliphatic carbocycles. The number of amides is 1. The van der Waals surface area contributed by atoms with Crippen LogP contribution in [0.1, 0.15) is 10.4 Å². The van der Waals surface area contributed by atoms with Gasteiger partial charge in [0.25, 0.3) is 5.91 Å². The summed E-state index contributed by atoms with van der Waals surface area (Å²) in [6.45, 7) is -0.390. The average molecular weight is 568 g/mol. The monoisotopic (exact) mass is 567 g/mol. The van der Waals surface area contributed by atoms with Gasteiger partial charge in [0.1, 0.15) is 12.2 Å². The van der Waals surface area contributed by atoms with Gasteiger partial charge in [0.05, 0.1) is 22.5 Å². The van der Waals surface area contributed by atoms with Crippen LogP contribution in [-0.2, 0) is 10.0 Å². The van der Waals surface area contributed by atoms with Crippen LogP contribution < -0.4 is 4.73 Å². The molecule has 39 heavy (non-hydrogen) atoms. The van der Waals surface area contributed by atoms with Crippen molar-refractivity contribution in [3.8, 4) is 11.4 Å². The second-order valence-electron chi connectivity index (χ2n) is 9.55. The number of carbonyl (C=O) groups is 1. The molecular weight excluding hydrogens is 546 g/mol. The predicted molar refractivity (Wildman–Crippen MR) is 140 cm³/mol. The molecule has 6 rings (SSSR count). The van der Waals surface area contributed by atoms with Gasteiger partial charge in [0.2, 0.25) is 10.0 Å². The molecule has 1 amide bonds. The number of sulfonamides is 1. The molecule has 0 radical (unpaired) electrons. The minimum Gasteiger partial charge on any atom is -0.619 e. The smallest absolute Gasteiger partial charge is 0.257 e. The molecule has 4 unspecified atom stereocenters. The Balaban J connectivity index is 1.26. The van der Waals surface area contributed by atoms with Crippen molar-refractivity contribution in [3.05, 3.63) is 89.1 Å². The summed E-state index contributed by atoms with van der Waals surface area (Å²) in [5.41, 5.74) is 0.706. The molecule has 2 aromatic carbocycles. The van der Waals surface area contributed by atoms with Crippen molar-refractivity contribution in [2.75, 3.05) is 13.1 Å². The van der Waals surface area contributed by atoms with Gasteiger partial charge in [0, 0.05) is 48.2 Å². The number of benzene rings is 2.